The Labute approximate surface area is 246 Å². The summed E-state index contributed by atoms with van der Waals surface area (Å²) in [6.07, 6.45) is -2.97. The van der Waals surface area contributed by atoms with Gasteiger partial charge in [-0.15, -0.1) is 0 Å². The average molecular weight is 597 g/mol. The number of carbonyl (C=O) groups is 1. The number of hydrogen-bond donors (Lipinski definition) is 2. The van der Waals surface area contributed by atoms with Gasteiger partial charge in [-0.3, -0.25) is 4.90 Å². The summed E-state index contributed by atoms with van der Waals surface area (Å²) >= 11 is 0. The number of morpholine rings is 1. The van der Waals surface area contributed by atoms with Crippen LogP contribution in [0.1, 0.15) is 53.8 Å². The Kier molecular flexibility index (Phi) is 8.59. The van der Waals surface area contributed by atoms with Crippen molar-refractivity contribution >= 4 is 23.4 Å². The maximum atomic E-state index is 13.6. The molecule has 1 fully saturated rings. The van der Waals surface area contributed by atoms with E-state index < -0.39 is 17.8 Å². The van der Waals surface area contributed by atoms with Crippen molar-refractivity contribution in [3.63, 3.8) is 0 Å². The molecule has 1 aromatic heterocycles. The number of nitrogens with zero attached hydrogens (tertiary/aromatic N) is 5. The van der Waals surface area contributed by atoms with Crippen molar-refractivity contribution < 1.29 is 32.5 Å². The number of carboxylic acid groups (broad SMARTS) is 1. The Hall–Kier alpha value is -4.57. The van der Waals surface area contributed by atoms with Gasteiger partial charge in [0.05, 0.1) is 66.8 Å². The summed E-state index contributed by atoms with van der Waals surface area (Å²) in [5.74, 6) is 0.810. The first-order valence-electron chi connectivity index (χ1n) is 13.9. The second kappa shape index (κ2) is 12.3. The number of nitriles is 1. The van der Waals surface area contributed by atoms with Crippen LogP contribution in [-0.4, -0.2) is 60.6 Å². The molecule has 3 heterocycles. The molecule has 1 amide bonds. The third kappa shape index (κ3) is 6.44. The Morgan fingerprint density at radius 3 is 2.63 bits per heavy atom. The van der Waals surface area contributed by atoms with Crippen LogP contribution in [-0.2, 0) is 17.3 Å². The standard InChI is InChI=1S/C30H31F3N6O4/c1-3-21-14-24(23-15-22(42-2)4-5-26(23)39(21)29(40)41)36-28-35-17-27(38-6-8-43-9-7-38)25(37-28)13-18-10-19(16-34)12-20(11-18)30(31,32)33/h4-5,10-12,15,17,21,24H,3,6-9,13-14H2,1-2H3,(H,40,41)(H,35,36,37)/t21-,24+/m1/s1. The van der Waals surface area contributed by atoms with Crippen LogP contribution in [0, 0.1) is 11.3 Å². The minimum Gasteiger partial charge on any atom is -0.497 e. The van der Waals surface area contributed by atoms with Gasteiger partial charge in [-0.2, -0.15) is 18.4 Å². The van der Waals surface area contributed by atoms with Crippen LogP contribution >= 0.6 is 0 Å². The number of halogens is 3. The van der Waals surface area contributed by atoms with Crippen LogP contribution in [0.4, 0.5) is 35.3 Å². The van der Waals surface area contributed by atoms with Crippen molar-refractivity contribution in [2.45, 2.75) is 44.4 Å². The van der Waals surface area contributed by atoms with Gasteiger partial charge in [0.25, 0.3) is 0 Å². The Morgan fingerprint density at radius 1 is 1.21 bits per heavy atom. The van der Waals surface area contributed by atoms with Gasteiger partial charge in [0.2, 0.25) is 5.95 Å². The third-order valence-electron chi connectivity index (χ3n) is 7.74. The fourth-order valence-electron chi connectivity index (χ4n) is 5.65. The summed E-state index contributed by atoms with van der Waals surface area (Å²) < 4.78 is 51.7. The number of fused-ring (bicyclic) bond motifs is 1. The van der Waals surface area contributed by atoms with E-state index >= 15 is 0 Å². The second-order valence-electron chi connectivity index (χ2n) is 10.4. The average Bonchev–Trinajstić information content (AvgIpc) is 3.00. The molecule has 2 aliphatic rings. The van der Waals surface area contributed by atoms with E-state index in [0.717, 1.165) is 12.1 Å². The van der Waals surface area contributed by atoms with Crippen molar-refractivity contribution in [3.8, 4) is 11.8 Å². The molecule has 0 spiro atoms. The summed E-state index contributed by atoms with van der Waals surface area (Å²) in [6, 6.07) is 9.65. The second-order valence-corrected chi connectivity index (χ2v) is 10.4. The molecular weight excluding hydrogens is 565 g/mol. The van der Waals surface area contributed by atoms with Gasteiger partial charge in [-0.05, 0) is 54.8 Å². The fraction of sp³-hybridized carbons (Fsp3) is 0.400. The molecule has 5 rings (SSSR count). The summed E-state index contributed by atoms with van der Waals surface area (Å²) in [6.45, 7) is 4.02. The lowest BCUT2D eigenvalue weighted by Crippen LogP contribution is -2.45. The number of aromatic nitrogens is 2. The maximum Gasteiger partial charge on any atom is 0.416 e. The molecule has 0 bridgehead atoms. The molecule has 10 nitrogen and oxygen atoms in total. The topological polar surface area (TPSA) is 124 Å². The van der Waals surface area contributed by atoms with E-state index in [1.165, 1.54) is 18.1 Å². The highest BCUT2D eigenvalue weighted by Gasteiger charge is 2.36. The van der Waals surface area contributed by atoms with Crippen LogP contribution in [0.25, 0.3) is 0 Å². The largest absolute Gasteiger partial charge is 0.497 e. The number of rotatable bonds is 7. The number of benzene rings is 2. The van der Waals surface area contributed by atoms with Gasteiger partial charge >= 0.3 is 12.3 Å². The number of methoxy groups -OCH3 is 1. The summed E-state index contributed by atoms with van der Waals surface area (Å²) in [4.78, 5) is 24.9. The van der Waals surface area contributed by atoms with E-state index in [1.807, 2.05) is 17.9 Å². The van der Waals surface area contributed by atoms with Gasteiger partial charge in [0.15, 0.2) is 0 Å². The summed E-state index contributed by atoms with van der Waals surface area (Å²) in [5.41, 5.74) is 1.69. The van der Waals surface area contributed by atoms with Gasteiger partial charge in [0.1, 0.15) is 5.75 Å². The number of amides is 1. The first-order valence-corrected chi connectivity index (χ1v) is 13.9. The Morgan fingerprint density at radius 2 is 1.98 bits per heavy atom. The molecule has 0 saturated carbocycles. The van der Waals surface area contributed by atoms with E-state index in [9.17, 15) is 28.3 Å². The Bertz CT molecular complexity index is 1540. The molecule has 2 N–H and O–H groups in total. The SMILES string of the molecule is CC[C@@H]1C[C@H](Nc2ncc(N3CCOCC3)c(Cc3cc(C#N)cc(C(F)(F)F)c3)n2)c2cc(OC)ccc2N1C(=O)O. The number of anilines is 3. The lowest BCUT2D eigenvalue weighted by atomic mass is 9.90. The molecule has 2 atom stereocenters. The van der Waals surface area contributed by atoms with E-state index in [4.69, 9.17) is 14.5 Å². The third-order valence-corrected chi connectivity index (χ3v) is 7.74. The predicted octanol–water partition coefficient (Wildman–Crippen LogP) is 5.62. The molecule has 3 aromatic rings. The van der Waals surface area contributed by atoms with Crippen molar-refractivity contribution in [3.05, 3.63) is 70.5 Å². The molecule has 2 aliphatic heterocycles. The fourth-order valence-corrected chi connectivity index (χ4v) is 5.65. The Balaban J connectivity index is 1.54. The molecule has 0 radical (unpaired) electrons. The first-order chi connectivity index (χ1) is 20.6. The van der Waals surface area contributed by atoms with Gasteiger partial charge in [-0.1, -0.05) is 6.92 Å². The maximum absolute atomic E-state index is 13.6. The normalized spacial score (nSPS) is 18.5. The number of nitrogens with one attached hydrogen (secondary N) is 1. The molecule has 0 aliphatic carbocycles. The molecule has 226 valence electrons. The monoisotopic (exact) mass is 596 g/mol. The zero-order chi connectivity index (χ0) is 30.7. The lowest BCUT2D eigenvalue weighted by molar-refractivity contribution is -0.137. The van der Waals surface area contributed by atoms with Gasteiger partial charge < -0.3 is 24.8 Å². The molecule has 0 unspecified atom stereocenters. The minimum absolute atomic E-state index is 0.0297. The van der Waals surface area contributed by atoms with Gasteiger partial charge in [-0.25, -0.2) is 14.8 Å². The van der Waals surface area contributed by atoms with Crippen LogP contribution in [0.15, 0.2) is 42.6 Å². The number of alkyl halides is 3. The summed E-state index contributed by atoms with van der Waals surface area (Å²) in [5, 5.41) is 22.7. The number of hydrogen-bond acceptors (Lipinski definition) is 8. The molecular formula is C30H31F3N6O4. The summed E-state index contributed by atoms with van der Waals surface area (Å²) in [7, 11) is 1.53. The first kappa shape index (κ1) is 29.9. The minimum atomic E-state index is -4.61. The van der Waals surface area contributed by atoms with E-state index in [-0.39, 0.29) is 30.0 Å². The zero-order valence-corrected chi connectivity index (χ0v) is 23.7. The highest BCUT2D eigenvalue weighted by Crippen LogP contribution is 2.41. The smallest absolute Gasteiger partial charge is 0.416 e. The van der Waals surface area contributed by atoms with Crippen molar-refractivity contribution in [1.82, 2.24) is 9.97 Å². The molecule has 2 aromatic carbocycles. The van der Waals surface area contributed by atoms with Crippen LogP contribution in [0.2, 0.25) is 0 Å². The number of ether oxygens (including phenoxy) is 2. The van der Waals surface area contributed by atoms with Crippen molar-refractivity contribution in [2.24, 2.45) is 0 Å². The van der Waals surface area contributed by atoms with E-state index in [0.29, 0.717) is 73.1 Å². The van der Waals surface area contributed by atoms with E-state index in [2.05, 4.69) is 10.3 Å². The molecule has 1 saturated heterocycles. The van der Waals surface area contributed by atoms with Gasteiger partial charge in [0, 0.05) is 31.1 Å². The predicted molar refractivity (Wildman–Crippen MR) is 153 cm³/mol. The quantitative estimate of drug-likeness (QED) is 0.358. The molecule has 43 heavy (non-hydrogen) atoms. The van der Waals surface area contributed by atoms with Crippen LogP contribution in [0.5, 0.6) is 5.75 Å². The highest BCUT2D eigenvalue weighted by molar-refractivity contribution is 5.89. The van der Waals surface area contributed by atoms with Crippen molar-refractivity contribution in [1.29, 1.82) is 5.26 Å². The zero-order valence-electron chi connectivity index (χ0n) is 23.7. The lowest BCUT2D eigenvalue weighted by Gasteiger charge is -2.39. The van der Waals surface area contributed by atoms with E-state index in [1.54, 1.807) is 24.4 Å². The van der Waals surface area contributed by atoms with Crippen molar-refractivity contribution in [2.75, 3.05) is 48.5 Å². The van der Waals surface area contributed by atoms with Crippen LogP contribution in [0.3, 0.4) is 0 Å². The molecule has 13 heteroatoms. The highest BCUT2D eigenvalue weighted by atomic mass is 19.4. The van der Waals surface area contributed by atoms with Crippen LogP contribution < -0.4 is 19.9 Å².